The smallest absolute Gasteiger partial charge is 0.224 e. The van der Waals surface area contributed by atoms with Crippen LogP contribution in [0, 0.1) is 0 Å². The number of hydrogen-bond donors (Lipinski definition) is 3. The number of nitrogens with zero attached hydrogens (tertiary/aromatic N) is 1. The molecule has 0 atom stereocenters. The number of hydrogen-bond acceptors (Lipinski definition) is 5. The molecule has 1 aliphatic rings. The Kier molecular flexibility index (Phi) is 3.79. The fraction of sp³-hybridized carbons (Fsp3) is 0.333. The molecule has 0 saturated heterocycles. The molecule has 0 bridgehead atoms. The summed E-state index contributed by atoms with van der Waals surface area (Å²) in [6.45, 7) is 2.79. The van der Waals surface area contributed by atoms with Crippen LogP contribution in [0.1, 0.15) is 28.8 Å². The molecular formula is C15H18N4OS. The van der Waals surface area contributed by atoms with Crippen molar-refractivity contribution in [3.63, 3.8) is 0 Å². The molecule has 1 aromatic heterocycles. The Bertz CT molecular complexity index is 680. The topological polar surface area (TPSA) is 80.0 Å². The number of nitrogens with two attached hydrogens (primary N) is 1. The van der Waals surface area contributed by atoms with Crippen LogP contribution in [0.4, 0.5) is 17.1 Å². The Morgan fingerprint density at radius 3 is 3.05 bits per heavy atom. The van der Waals surface area contributed by atoms with Gasteiger partial charge in [-0.2, -0.15) is 0 Å². The number of aryl methyl sites for hydroxylation is 2. The number of carbonyl (C=O) groups excluding carboxylic acids is 1. The molecule has 5 nitrogen and oxygen atoms in total. The van der Waals surface area contributed by atoms with Gasteiger partial charge in [0, 0.05) is 23.2 Å². The van der Waals surface area contributed by atoms with Crippen molar-refractivity contribution >= 4 is 34.3 Å². The second-order valence-corrected chi connectivity index (χ2v) is 6.27. The maximum atomic E-state index is 11.4. The minimum atomic E-state index is 0.0532. The van der Waals surface area contributed by atoms with E-state index in [1.54, 1.807) is 11.3 Å². The highest BCUT2D eigenvalue weighted by Gasteiger charge is 2.16. The lowest BCUT2D eigenvalue weighted by Gasteiger charge is -2.19. The van der Waals surface area contributed by atoms with Crippen LogP contribution in [0.25, 0.3) is 0 Å². The van der Waals surface area contributed by atoms with Crippen LogP contribution in [-0.2, 0) is 24.2 Å². The minimum Gasteiger partial charge on any atom is -0.397 e. The van der Waals surface area contributed by atoms with E-state index in [0.29, 0.717) is 18.7 Å². The van der Waals surface area contributed by atoms with E-state index >= 15 is 0 Å². The third-order valence-corrected chi connectivity index (χ3v) is 4.69. The van der Waals surface area contributed by atoms with Crippen molar-refractivity contribution < 1.29 is 4.79 Å². The Morgan fingerprint density at radius 2 is 2.29 bits per heavy atom. The minimum absolute atomic E-state index is 0.0532. The van der Waals surface area contributed by atoms with Gasteiger partial charge in [0.1, 0.15) is 5.01 Å². The number of fused-ring (bicyclic) bond motifs is 1. The molecular weight excluding hydrogens is 284 g/mol. The van der Waals surface area contributed by atoms with Crippen molar-refractivity contribution in [3.05, 3.63) is 33.8 Å². The van der Waals surface area contributed by atoms with Gasteiger partial charge in [-0.15, -0.1) is 11.3 Å². The van der Waals surface area contributed by atoms with Crippen molar-refractivity contribution in [2.75, 3.05) is 16.4 Å². The Morgan fingerprint density at radius 1 is 1.43 bits per heavy atom. The molecule has 21 heavy (non-hydrogen) atoms. The molecule has 2 aromatic rings. The monoisotopic (exact) mass is 302 g/mol. The number of aromatic nitrogens is 1. The van der Waals surface area contributed by atoms with Gasteiger partial charge in [-0.25, -0.2) is 4.98 Å². The molecule has 6 heteroatoms. The number of nitrogens with one attached hydrogen (secondary N) is 2. The number of benzene rings is 1. The van der Waals surface area contributed by atoms with Crippen LogP contribution in [-0.4, -0.2) is 10.9 Å². The first kappa shape index (κ1) is 13.9. The van der Waals surface area contributed by atoms with Gasteiger partial charge < -0.3 is 16.4 Å². The van der Waals surface area contributed by atoms with Gasteiger partial charge in [0.15, 0.2) is 0 Å². The molecule has 110 valence electrons. The van der Waals surface area contributed by atoms with Gasteiger partial charge in [0.25, 0.3) is 0 Å². The van der Waals surface area contributed by atoms with Crippen LogP contribution in [0.2, 0.25) is 0 Å². The van der Waals surface area contributed by atoms with Gasteiger partial charge in [-0.3, -0.25) is 4.79 Å². The van der Waals surface area contributed by atoms with E-state index in [0.717, 1.165) is 34.8 Å². The number of carbonyl (C=O) groups is 1. The molecule has 0 saturated carbocycles. The first-order valence-corrected chi connectivity index (χ1v) is 7.87. The van der Waals surface area contributed by atoms with Crippen molar-refractivity contribution in [1.29, 1.82) is 0 Å². The van der Waals surface area contributed by atoms with Crippen LogP contribution in [0.15, 0.2) is 18.3 Å². The number of anilines is 3. The summed E-state index contributed by atoms with van der Waals surface area (Å²) in [5, 5.41) is 7.25. The first-order valence-electron chi connectivity index (χ1n) is 7.05. The highest BCUT2D eigenvalue weighted by Crippen LogP contribution is 2.31. The van der Waals surface area contributed by atoms with Crippen molar-refractivity contribution in [1.82, 2.24) is 4.98 Å². The van der Waals surface area contributed by atoms with Crippen LogP contribution >= 0.6 is 11.3 Å². The zero-order chi connectivity index (χ0) is 14.8. The lowest BCUT2D eigenvalue weighted by atomic mass is 10.0. The summed E-state index contributed by atoms with van der Waals surface area (Å²) >= 11 is 1.72. The van der Waals surface area contributed by atoms with Gasteiger partial charge in [0.05, 0.1) is 17.9 Å². The van der Waals surface area contributed by atoms with E-state index in [2.05, 4.69) is 22.5 Å². The van der Waals surface area contributed by atoms with Gasteiger partial charge in [0.2, 0.25) is 5.91 Å². The largest absolute Gasteiger partial charge is 0.397 e. The fourth-order valence-corrected chi connectivity index (χ4v) is 3.16. The Labute approximate surface area is 127 Å². The zero-order valence-electron chi connectivity index (χ0n) is 11.9. The highest BCUT2D eigenvalue weighted by atomic mass is 32.1. The van der Waals surface area contributed by atoms with E-state index in [1.165, 1.54) is 4.88 Å². The summed E-state index contributed by atoms with van der Waals surface area (Å²) in [6, 6.07) is 3.85. The van der Waals surface area contributed by atoms with Crippen molar-refractivity contribution in [2.45, 2.75) is 32.7 Å². The fourth-order valence-electron chi connectivity index (χ4n) is 2.36. The summed E-state index contributed by atoms with van der Waals surface area (Å²) in [6.07, 6.45) is 4.22. The maximum absolute atomic E-state index is 11.4. The molecule has 1 amide bonds. The first-order chi connectivity index (χ1) is 10.2. The zero-order valence-corrected chi connectivity index (χ0v) is 12.7. The predicted molar refractivity (Wildman–Crippen MR) is 86.6 cm³/mol. The number of amides is 1. The maximum Gasteiger partial charge on any atom is 0.224 e. The summed E-state index contributed by atoms with van der Waals surface area (Å²) < 4.78 is 0. The Hall–Kier alpha value is -2.08. The van der Waals surface area contributed by atoms with Crippen molar-refractivity contribution in [3.8, 4) is 0 Å². The number of nitrogen functional groups attached to an aromatic ring is 1. The van der Waals surface area contributed by atoms with Crippen LogP contribution < -0.4 is 16.4 Å². The molecule has 1 aliphatic heterocycles. The quantitative estimate of drug-likeness (QED) is 0.759. The highest BCUT2D eigenvalue weighted by molar-refractivity contribution is 7.11. The lowest BCUT2D eigenvalue weighted by molar-refractivity contribution is -0.116. The molecule has 0 fully saturated rings. The molecule has 0 spiro atoms. The summed E-state index contributed by atoms with van der Waals surface area (Å²) in [5.41, 5.74) is 9.55. The summed E-state index contributed by atoms with van der Waals surface area (Å²) in [5.74, 6) is 0.0532. The second kappa shape index (κ2) is 5.73. The van der Waals surface area contributed by atoms with E-state index in [-0.39, 0.29) is 5.91 Å². The molecule has 0 aliphatic carbocycles. The van der Waals surface area contributed by atoms with E-state index in [4.69, 9.17) is 5.73 Å². The van der Waals surface area contributed by atoms with Gasteiger partial charge in [-0.05, 0) is 30.5 Å². The van der Waals surface area contributed by atoms with Crippen LogP contribution in [0.3, 0.4) is 0 Å². The predicted octanol–water partition coefficient (Wildman–Crippen LogP) is 2.78. The van der Waals surface area contributed by atoms with Crippen LogP contribution in [0.5, 0.6) is 0 Å². The lowest BCUT2D eigenvalue weighted by Crippen LogP contribution is -2.19. The average Bonchev–Trinajstić information content (AvgIpc) is 2.93. The molecule has 0 unspecified atom stereocenters. The third kappa shape index (κ3) is 3.00. The normalized spacial score (nSPS) is 13.7. The average molecular weight is 302 g/mol. The van der Waals surface area contributed by atoms with E-state index < -0.39 is 0 Å². The van der Waals surface area contributed by atoms with E-state index in [9.17, 15) is 4.79 Å². The molecule has 3 rings (SSSR count). The standard InChI is InChI=1S/C15H18N4OS/c1-2-10-7-18-15(21-10)8-17-13-5-9-3-4-14(20)19-12(9)6-11(13)16/h5-7,17H,2-4,8,16H2,1H3,(H,19,20). The Balaban J connectivity index is 1.75. The molecule has 0 radical (unpaired) electrons. The van der Waals surface area contributed by atoms with Gasteiger partial charge in [-0.1, -0.05) is 6.92 Å². The van der Waals surface area contributed by atoms with E-state index in [1.807, 2.05) is 18.3 Å². The van der Waals surface area contributed by atoms with Gasteiger partial charge >= 0.3 is 0 Å². The number of thiazole rings is 1. The van der Waals surface area contributed by atoms with Crippen molar-refractivity contribution in [2.24, 2.45) is 0 Å². The molecule has 2 heterocycles. The third-order valence-electron chi connectivity index (χ3n) is 3.55. The second-order valence-electron chi connectivity index (χ2n) is 5.07. The molecule has 1 aromatic carbocycles. The SMILES string of the molecule is CCc1cnc(CNc2cc3c(cc2N)NC(=O)CC3)s1. The molecule has 4 N–H and O–H groups in total. The summed E-state index contributed by atoms with van der Waals surface area (Å²) in [7, 11) is 0. The summed E-state index contributed by atoms with van der Waals surface area (Å²) in [4.78, 5) is 17.1. The number of rotatable bonds is 4.